The number of nitrogens with zero attached hydrogens (tertiary/aromatic N) is 3. The van der Waals surface area contributed by atoms with Crippen molar-refractivity contribution < 1.29 is 47.3 Å². The van der Waals surface area contributed by atoms with Gasteiger partial charge in [-0.3, -0.25) is 14.5 Å². The number of amides is 3. The number of aliphatic carboxylic acids is 1. The highest BCUT2D eigenvalue weighted by Crippen LogP contribution is 2.53. The highest BCUT2D eigenvalue weighted by molar-refractivity contribution is 7.13. The minimum absolute atomic E-state index is 0.00855. The second kappa shape index (κ2) is 17.4. The molecule has 5 fully saturated rings. The van der Waals surface area contributed by atoms with E-state index < -0.39 is 71.0 Å². The maximum absolute atomic E-state index is 14.8. The number of likely N-dealkylation sites (tertiary alicyclic amines) is 2. The Morgan fingerprint density at radius 2 is 1.83 bits per heavy atom. The van der Waals surface area contributed by atoms with Gasteiger partial charge in [0.25, 0.3) is 5.92 Å². The summed E-state index contributed by atoms with van der Waals surface area (Å²) < 4.78 is 47.1. The second-order valence-electron chi connectivity index (χ2n) is 20.0. The maximum Gasteiger partial charge on any atom is 0.408 e. The predicted molar refractivity (Wildman–Crippen MR) is 238 cm³/mol. The first-order valence-corrected chi connectivity index (χ1v) is 23.6. The van der Waals surface area contributed by atoms with E-state index in [0.717, 1.165) is 19.3 Å². The third kappa shape index (κ3) is 9.60. The molecule has 1 aromatic carbocycles. The number of thiazole rings is 1. The van der Waals surface area contributed by atoms with Crippen LogP contribution in [0, 0.1) is 23.2 Å². The fraction of sp³-hybridized carbons (Fsp3) is 0.667. The summed E-state index contributed by atoms with van der Waals surface area (Å²) in [5.74, 6) is -3.54. The number of anilines is 2. The number of alkyl halides is 2. The van der Waals surface area contributed by atoms with Crippen molar-refractivity contribution in [1.82, 2.24) is 25.4 Å². The summed E-state index contributed by atoms with van der Waals surface area (Å²) in [5, 5.41) is 25.4. The molecule has 3 amide bonds. The van der Waals surface area contributed by atoms with Crippen molar-refractivity contribution in [3.05, 3.63) is 39.9 Å². The lowest BCUT2D eigenvalue weighted by Crippen LogP contribution is -2.59. The lowest BCUT2D eigenvalue weighted by atomic mass is 9.85. The van der Waals surface area contributed by atoms with Gasteiger partial charge in [-0.05, 0) is 88.0 Å². The van der Waals surface area contributed by atoms with Crippen LogP contribution in [0.4, 0.5) is 24.4 Å². The number of carbonyl (C=O) groups excluding carboxylic acids is 3. The van der Waals surface area contributed by atoms with Crippen LogP contribution < -0.4 is 26.0 Å². The zero-order valence-corrected chi connectivity index (χ0v) is 38.9. The summed E-state index contributed by atoms with van der Waals surface area (Å²) in [6.07, 6.45) is 3.40. The van der Waals surface area contributed by atoms with E-state index in [1.54, 1.807) is 24.1 Å². The van der Waals surface area contributed by atoms with Gasteiger partial charge >= 0.3 is 12.1 Å². The van der Waals surface area contributed by atoms with Gasteiger partial charge in [-0.1, -0.05) is 45.7 Å². The van der Waals surface area contributed by atoms with Crippen molar-refractivity contribution in [3.8, 4) is 5.75 Å². The number of alkyl carbamates (subject to hydrolysis) is 1. The number of carboxylic acid groups (broad SMARTS) is 1. The van der Waals surface area contributed by atoms with Crippen LogP contribution in [0.15, 0.2) is 23.6 Å². The number of fused-ring (bicyclic) bond motifs is 2. The van der Waals surface area contributed by atoms with E-state index in [-0.39, 0.29) is 67.8 Å². The number of aromatic nitrogens is 1. The fourth-order valence-corrected chi connectivity index (χ4v) is 11.1. The molecule has 3 aliphatic carbocycles. The van der Waals surface area contributed by atoms with Gasteiger partial charge in [-0.15, -0.1) is 11.3 Å². The van der Waals surface area contributed by atoms with Crippen LogP contribution in [0.1, 0.15) is 104 Å². The number of carbonyl (C=O) groups is 4. The number of ether oxygens (including phenoxy) is 3. The topological polar surface area (TPSA) is 184 Å². The van der Waals surface area contributed by atoms with E-state index in [1.165, 1.54) is 16.2 Å². The molecule has 1 aromatic heterocycles. The first-order chi connectivity index (χ1) is 30.1. The zero-order chi connectivity index (χ0) is 46.0. The summed E-state index contributed by atoms with van der Waals surface area (Å²) in [7, 11) is 1.64. The SMILES string of the molecule is CCC1C[C@]1(NC(=O)[C@@H]1C[C@@H](OC2=CC(c3csc(NC(C)C)n3)Nc3c2ccc(OC[C@@H]2CC(F)(F)CN2C)c3Cl)CN1C(=O)[C@@H](NC(=O)O[C@@H]1C[C@@H]2C[C@@H]2C1)C(C)(C)C)C(=O)O. The fourth-order valence-electron chi connectivity index (χ4n) is 9.91. The molecular formula is C45H60ClF2N7O8S. The molecule has 2 aromatic rings. The number of benzene rings is 1. The largest absolute Gasteiger partial charge is 0.490 e. The second-order valence-corrected chi connectivity index (χ2v) is 21.3. The Bertz CT molecular complexity index is 2180. The molecule has 2 unspecified atom stereocenters. The van der Waals surface area contributed by atoms with E-state index in [9.17, 15) is 33.1 Å². The van der Waals surface area contributed by atoms with Crippen molar-refractivity contribution in [3.63, 3.8) is 0 Å². The monoisotopic (exact) mass is 931 g/mol. The molecule has 10 atom stereocenters. The number of hydrogen-bond donors (Lipinski definition) is 5. The molecule has 0 radical (unpaired) electrons. The summed E-state index contributed by atoms with van der Waals surface area (Å²) in [4.78, 5) is 62.8. The van der Waals surface area contributed by atoms with Crippen molar-refractivity contribution in [2.45, 2.75) is 140 Å². The number of hydrogen-bond acceptors (Lipinski definition) is 12. The van der Waals surface area contributed by atoms with Gasteiger partial charge in [0, 0.05) is 35.9 Å². The molecule has 4 heterocycles. The van der Waals surface area contributed by atoms with Crippen LogP contribution in [0.3, 0.4) is 0 Å². The smallest absolute Gasteiger partial charge is 0.408 e. The van der Waals surface area contributed by atoms with Gasteiger partial charge in [0.05, 0.1) is 30.5 Å². The molecule has 15 nitrogen and oxygen atoms in total. The van der Waals surface area contributed by atoms with E-state index in [2.05, 4.69) is 21.3 Å². The molecule has 350 valence electrons. The van der Waals surface area contributed by atoms with Gasteiger partial charge in [0.2, 0.25) is 11.8 Å². The van der Waals surface area contributed by atoms with Crippen LogP contribution in [0.2, 0.25) is 5.02 Å². The summed E-state index contributed by atoms with van der Waals surface area (Å²) in [6.45, 7) is 10.9. The molecule has 6 aliphatic rings. The van der Waals surface area contributed by atoms with Gasteiger partial charge in [-0.2, -0.15) is 0 Å². The molecule has 0 bridgehead atoms. The minimum atomic E-state index is -2.82. The number of carboxylic acids is 1. The Hall–Kier alpha value is -4.42. The Morgan fingerprint density at radius 3 is 2.45 bits per heavy atom. The molecule has 2 saturated heterocycles. The number of nitrogens with one attached hydrogen (secondary N) is 4. The Labute approximate surface area is 381 Å². The average Bonchev–Trinajstić information content (AvgIpc) is 3.79. The first kappa shape index (κ1) is 46.1. The molecule has 64 heavy (non-hydrogen) atoms. The summed E-state index contributed by atoms with van der Waals surface area (Å²) >= 11 is 8.51. The normalized spacial score (nSPS) is 30.7. The van der Waals surface area contributed by atoms with E-state index >= 15 is 0 Å². The van der Waals surface area contributed by atoms with Crippen LogP contribution >= 0.6 is 22.9 Å². The standard InChI is InChI=1S/C45H60ClF2N7O8S/c1-8-25-16-45(25,40(58)59)53-38(56)32-14-28(18-55(32)39(57)37(43(4,5)6)52-42(60)63-27-12-23-11-24(23)13-27)62-34-15-30(31-20-64-41(51-31)49-22(2)3)50-36-29(34)9-10-33(35(36)46)61-19-26-17-44(47,48)21-54(26)7/h9-10,15,20,22-28,30,32,37,50H,8,11-14,16-19,21H2,1-7H3,(H,49,51)(H,52,60)(H,53,56)(H,58,59)/t23-,24+,25?,26-,27+,28+,30?,32-,37+,45+/m0/s1. The predicted octanol–water partition coefficient (Wildman–Crippen LogP) is 7.14. The van der Waals surface area contributed by atoms with E-state index in [4.69, 9.17) is 30.8 Å². The molecule has 19 heteroatoms. The quantitative estimate of drug-likeness (QED) is 0.122. The number of likely N-dealkylation sites (N-methyl/N-ethyl adjacent to an activating group) is 1. The van der Waals surface area contributed by atoms with Crippen molar-refractivity contribution >= 4 is 63.4 Å². The molecular weight excluding hydrogens is 872 g/mol. The van der Waals surface area contributed by atoms with Crippen LogP contribution in [0.5, 0.6) is 5.75 Å². The summed E-state index contributed by atoms with van der Waals surface area (Å²) in [5.41, 5.74) is -0.596. The van der Waals surface area contributed by atoms with Crippen LogP contribution in [0.25, 0.3) is 5.76 Å². The van der Waals surface area contributed by atoms with Crippen molar-refractivity contribution in [1.29, 1.82) is 0 Å². The van der Waals surface area contributed by atoms with Crippen molar-refractivity contribution in [2.24, 2.45) is 23.2 Å². The Morgan fingerprint density at radius 1 is 1.09 bits per heavy atom. The average molecular weight is 933 g/mol. The molecule has 3 saturated carbocycles. The third-order valence-electron chi connectivity index (χ3n) is 13.6. The van der Waals surface area contributed by atoms with Crippen LogP contribution in [-0.4, -0.2) is 118 Å². The van der Waals surface area contributed by atoms with E-state index in [0.29, 0.717) is 46.1 Å². The van der Waals surface area contributed by atoms with Gasteiger partial charge in [0.1, 0.15) is 53.0 Å². The Balaban J connectivity index is 1.08. The number of rotatable bonds is 15. The lowest BCUT2D eigenvalue weighted by Gasteiger charge is -2.35. The van der Waals surface area contributed by atoms with Gasteiger partial charge < -0.3 is 45.5 Å². The highest BCUT2D eigenvalue weighted by Gasteiger charge is 2.62. The maximum atomic E-state index is 14.8. The van der Waals surface area contributed by atoms with E-state index in [1.807, 2.05) is 53.0 Å². The molecule has 5 N–H and O–H groups in total. The van der Waals surface area contributed by atoms with Crippen molar-refractivity contribution in [2.75, 3.05) is 37.4 Å². The van der Waals surface area contributed by atoms with Gasteiger partial charge in [-0.25, -0.2) is 23.4 Å². The lowest BCUT2D eigenvalue weighted by molar-refractivity contribution is -0.146. The summed E-state index contributed by atoms with van der Waals surface area (Å²) in [6, 6.07) is 0.218. The molecule has 3 aliphatic heterocycles. The molecule has 0 spiro atoms. The first-order valence-electron chi connectivity index (χ1n) is 22.4. The minimum Gasteiger partial charge on any atom is -0.490 e. The number of halogens is 3. The van der Waals surface area contributed by atoms with Gasteiger partial charge in [0.15, 0.2) is 5.13 Å². The molecule has 8 rings (SSSR count). The Kier molecular flexibility index (Phi) is 12.6. The highest BCUT2D eigenvalue weighted by atomic mass is 35.5. The zero-order valence-electron chi connectivity index (χ0n) is 37.3. The van der Waals surface area contributed by atoms with Crippen LogP contribution in [-0.2, 0) is 23.9 Å². The third-order valence-corrected chi connectivity index (χ3v) is 14.8.